The number of carbonyl (C=O) groups is 1. The monoisotopic (exact) mass is 284 g/mol. The molecule has 110 valence electrons. The number of aromatic nitrogens is 2. The predicted molar refractivity (Wildman–Crippen MR) is 80.6 cm³/mol. The van der Waals surface area contributed by atoms with Crippen molar-refractivity contribution in [2.75, 3.05) is 0 Å². The normalized spacial score (nSPS) is 16.0. The number of hydrogen-bond acceptors (Lipinski definition) is 2. The van der Waals surface area contributed by atoms with Crippen LogP contribution < -0.4 is 0 Å². The van der Waals surface area contributed by atoms with E-state index in [1.807, 2.05) is 18.5 Å². The predicted octanol–water partition coefficient (Wildman–Crippen LogP) is 3.68. The molecule has 1 aromatic carbocycles. The van der Waals surface area contributed by atoms with E-state index in [0.29, 0.717) is 18.0 Å². The van der Waals surface area contributed by atoms with Crippen molar-refractivity contribution in [1.29, 1.82) is 0 Å². The molecule has 1 saturated carbocycles. The van der Waals surface area contributed by atoms with Gasteiger partial charge in [-0.05, 0) is 30.5 Å². The summed E-state index contributed by atoms with van der Waals surface area (Å²) < 4.78 is 2.16. The fourth-order valence-corrected chi connectivity index (χ4v) is 3.17. The first kappa shape index (κ1) is 13.9. The molecule has 0 radical (unpaired) electrons. The average Bonchev–Trinajstić information content (AvgIpc) is 2.96. The van der Waals surface area contributed by atoms with Gasteiger partial charge < -0.3 is 9.67 Å². The van der Waals surface area contributed by atoms with Crippen molar-refractivity contribution < 1.29 is 9.90 Å². The number of benzene rings is 1. The SMILES string of the molecule is O=C(O)c1cccc(Cn2ccnc2C2CCCCC2)c1. The van der Waals surface area contributed by atoms with E-state index in [9.17, 15) is 4.79 Å². The highest BCUT2D eigenvalue weighted by molar-refractivity contribution is 5.87. The van der Waals surface area contributed by atoms with Gasteiger partial charge in [0.05, 0.1) is 5.56 Å². The van der Waals surface area contributed by atoms with Crippen LogP contribution in [-0.2, 0) is 6.54 Å². The maximum absolute atomic E-state index is 11.1. The average molecular weight is 284 g/mol. The second kappa shape index (κ2) is 6.12. The van der Waals surface area contributed by atoms with Crippen LogP contribution in [0, 0.1) is 0 Å². The lowest BCUT2D eigenvalue weighted by atomic mass is 9.88. The molecule has 1 N–H and O–H groups in total. The number of aromatic carboxylic acids is 1. The van der Waals surface area contributed by atoms with E-state index in [4.69, 9.17) is 5.11 Å². The molecule has 1 aromatic heterocycles. The summed E-state index contributed by atoms with van der Waals surface area (Å²) in [7, 11) is 0. The molecule has 0 spiro atoms. The van der Waals surface area contributed by atoms with Crippen molar-refractivity contribution >= 4 is 5.97 Å². The van der Waals surface area contributed by atoms with Gasteiger partial charge in [0, 0.05) is 24.9 Å². The van der Waals surface area contributed by atoms with Gasteiger partial charge in [-0.25, -0.2) is 9.78 Å². The summed E-state index contributed by atoms with van der Waals surface area (Å²) >= 11 is 0. The Kier molecular flexibility index (Phi) is 4.04. The molecule has 0 unspecified atom stereocenters. The van der Waals surface area contributed by atoms with Crippen LogP contribution in [0.25, 0.3) is 0 Å². The molecule has 4 nitrogen and oxygen atoms in total. The minimum Gasteiger partial charge on any atom is -0.478 e. The highest BCUT2D eigenvalue weighted by Crippen LogP contribution is 2.31. The number of nitrogens with zero attached hydrogens (tertiary/aromatic N) is 2. The Bertz CT molecular complexity index is 627. The van der Waals surface area contributed by atoms with Crippen molar-refractivity contribution in [2.45, 2.75) is 44.6 Å². The summed E-state index contributed by atoms with van der Waals surface area (Å²) in [6.07, 6.45) is 10.2. The molecule has 1 aliphatic carbocycles. The molecule has 21 heavy (non-hydrogen) atoms. The van der Waals surface area contributed by atoms with Gasteiger partial charge in [-0.2, -0.15) is 0 Å². The summed E-state index contributed by atoms with van der Waals surface area (Å²) in [5.74, 6) is 0.821. The maximum atomic E-state index is 11.1. The number of imidazole rings is 1. The molecular formula is C17H20N2O2. The van der Waals surface area contributed by atoms with Crippen LogP contribution in [0.15, 0.2) is 36.7 Å². The molecule has 1 fully saturated rings. The molecule has 3 rings (SSSR count). The molecular weight excluding hydrogens is 264 g/mol. The van der Waals surface area contributed by atoms with Gasteiger partial charge in [-0.3, -0.25) is 0 Å². The molecule has 4 heteroatoms. The van der Waals surface area contributed by atoms with Gasteiger partial charge in [-0.15, -0.1) is 0 Å². The Morgan fingerprint density at radius 3 is 2.86 bits per heavy atom. The summed E-state index contributed by atoms with van der Waals surface area (Å²) in [4.78, 5) is 15.6. The number of carboxylic acids is 1. The zero-order chi connectivity index (χ0) is 14.7. The first-order valence-electron chi connectivity index (χ1n) is 7.57. The molecule has 0 bridgehead atoms. The van der Waals surface area contributed by atoms with Crippen molar-refractivity contribution in [3.8, 4) is 0 Å². The van der Waals surface area contributed by atoms with Crippen LogP contribution in [0.1, 0.15) is 59.8 Å². The summed E-state index contributed by atoms with van der Waals surface area (Å²) in [5.41, 5.74) is 1.34. The van der Waals surface area contributed by atoms with E-state index in [1.54, 1.807) is 18.2 Å². The van der Waals surface area contributed by atoms with E-state index in [1.165, 1.54) is 32.1 Å². The Hall–Kier alpha value is -2.10. The quantitative estimate of drug-likeness (QED) is 0.931. The van der Waals surface area contributed by atoms with Gasteiger partial charge in [0.1, 0.15) is 5.82 Å². The minimum atomic E-state index is -0.880. The van der Waals surface area contributed by atoms with E-state index in [2.05, 4.69) is 9.55 Å². The fourth-order valence-electron chi connectivity index (χ4n) is 3.17. The van der Waals surface area contributed by atoms with Gasteiger partial charge in [0.25, 0.3) is 0 Å². The van der Waals surface area contributed by atoms with Crippen molar-refractivity contribution in [1.82, 2.24) is 9.55 Å². The molecule has 1 heterocycles. The lowest BCUT2D eigenvalue weighted by Crippen LogP contribution is -2.12. The molecule has 0 atom stereocenters. The van der Waals surface area contributed by atoms with Crippen molar-refractivity contribution in [3.63, 3.8) is 0 Å². The molecule has 2 aromatic rings. The molecule has 1 aliphatic rings. The summed E-state index contributed by atoms with van der Waals surface area (Å²) in [5, 5.41) is 9.07. The van der Waals surface area contributed by atoms with Gasteiger partial charge in [0.2, 0.25) is 0 Å². The fraction of sp³-hybridized carbons (Fsp3) is 0.412. The first-order valence-corrected chi connectivity index (χ1v) is 7.57. The van der Waals surface area contributed by atoms with Crippen LogP contribution in [-0.4, -0.2) is 20.6 Å². The van der Waals surface area contributed by atoms with Crippen LogP contribution in [0.4, 0.5) is 0 Å². The summed E-state index contributed by atoms with van der Waals surface area (Å²) in [6, 6.07) is 7.14. The second-order valence-electron chi connectivity index (χ2n) is 5.75. The zero-order valence-corrected chi connectivity index (χ0v) is 12.0. The highest BCUT2D eigenvalue weighted by atomic mass is 16.4. The third kappa shape index (κ3) is 3.15. The van der Waals surface area contributed by atoms with Crippen LogP contribution >= 0.6 is 0 Å². The maximum Gasteiger partial charge on any atom is 0.335 e. The lowest BCUT2D eigenvalue weighted by Gasteiger charge is -2.22. The third-order valence-electron chi connectivity index (χ3n) is 4.24. The number of hydrogen-bond donors (Lipinski definition) is 1. The molecule has 0 aliphatic heterocycles. The third-order valence-corrected chi connectivity index (χ3v) is 4.24. The number of carboxylic acid groups (broad SMARTS) is 1. The van der Waals surface area contributed by atoms with Crippen molar-refractivity contribution in [2.24, 2.45) is 0 Å². The Morgan fingerprint density at radius 1 is 1.29 bits per heavy atom. The van der Waals surface area contributed by atoms with Crippen molar-refractivity contribution in [3.05, 3.63) is 53.6 Å². The molecule has 0 amide bonds. The van der Waals surface area contributed by atoms with Crippen LogP contribution in [0.5, 0.6) is 0 Å². The smallest absolute Gasteiger partial charge is 0.335 e. The van der Waals surface area contributed by atoms with E-state index in [-0.39, 0.29) is 0 Å². The van der Waals surface area contributed by atoms with Crippen LogP contribution in [0.3, 0.4) is 0 Å². The van der Waals surface area contributed by atoms with Gasteiger partial charge >= 0.3 is 5.97 Å². The first-order chi connectivity index (χ1) is 10.2. The highest BCUT2D eigenvalue weighted by Gasteiger charge is 2.19. The second-order valence-corrected chi connectivity index (χ2v) is 5.75. The lowest BCUT2D eigenvalue weighted by molar-refractivity contribution is 0.0696. The Labute approximate surface area is 124 Å². The summed E-state index contributed by atoms with van der Waals surface area (Å²) in [6.45, 7) is 0.687. The van der Waals surface area contributed by atoms with Gasteiger partial charge in [-0.1, -0.05) is 31.4 Å². The standard InChI is InChI=1S/C17H20N2O2/c20-17(21)15-8-4-5-13(11-15)12-19-10-9-18-16(19)14-6-2-1-3-7-14/h4-5,8-11,14H,1-3,6-7,12H2,(H,20,21). The Balaban J connectivity index is 1.80. The van der Waals surface area contributed by atoms with E-state index >= 15 is 0 Å². The largest absolute Gasteiger partial charge is 0.478 e. The minimum absolute atomic E-state index is 0.340. The Morgan fingerprint density at radius 2 is 2.10 bits per heavy atom. The molecule has 0 saturated heterocycles. The topological polar surface area (TPSA) is 55.1 Å². The van der Waals surface area contributed by atoms with E-state index in [0.717, 1.165) is 11.4 Å². The zero-order valence-electron chi connectivity index (χ0n) is 12.0. The van der Waals surface area contributed by atoms with E-state index < -0.39 is 5.97 Å². The van der Waals surface area contributed by atoms with Crippen LogP contribution in [0.2, 0.25) is 0 Å². The van der Waals surface area contributed by atoms with Gasteiger partial charge in [0.15, 0.2) is 0 Å². The number of rotatable bonds is 4.